The molecule has 0 amide bonds. The molecule has 3 nitrogen and oxygen atoms in total. The summed E-state index contributed by atoms with van der Waals surface area (Å²) in [6.45, 7) is 0. The van der Waals surface area contributed by atoms with Gasteiger partial charge >= 0.3 is 0 Å². The van der Waals surface area contributed by atoms with Crippen LogP contribution in [0, 0.1) is 0 Å². The van der Waals surface area contributed by atoms with E-state index in [-0.39, 0.29) is 6.04 Å². The summed E-state index contributed by atoms with van der Waals surface area (Å²) < 4.78 is 6.47. The van der Waals surface area contributed by atoms with E-state index in [1.54, 1.807) is 0 Å². The van der Waals surface area contributed by atoms with Crippen LogP contribution in [0.15, 0.2) is 36.4 Å². The first-order valence-corrected chi connectivity index (χ1v) is 7.86. The highest BCUT2D eigenvalue weighted by Crippen LogP contribution is 2.47. The SMILES string of the molecule is NC1C(O)c2ccc3ccccc3c2OC12CCCCC2. The molecule has 1 aliphatic heterocycles. The summed E-state index contributed by atoms with van der Waals surface area (Å²) in [5, 5.41) is 12.9. The fraction of sp³-hybridized carbons (Fsp3) is 0.444. The number of rotatable bonds is 0. The Morgan fingerprint density at radius 3 is 2.62 bits per heavy atom. The van der Waals surface area contributed by atoms with Crippen LogP contribution in [0.25, 0.3) is 10.8 Å². The lowest BCUT2D eigenvalue weighted by molar-refractivity contribution is -0.0569. The summed E-state index contributed by atoms with van der Waals surface area (Å²) in [6, 6.07) is 11.8. The summed E-state index contributed by atoms with van der Waals surface area (Å²) >= 11 is 0. The van der Waals surface area contributed by atoms with Gasteiger partial charge in [-0.1, -0.05) is 42.8 Å². The van der Waals surface area contributed by atoms with E-state index in [1.807, 2.05) is 24.3 Å². The van der Waals surface area contributed by atoms with Gasteiger partial charge in [-0.25, -0.2) is 0 Å². The van der Waals surface area contributed by atoms with Gasteiger partial charge < -0.3 is 15.6 Å². The lowest BCUT2D eigenvalue weighted by atomic mass is 9.74. The Bertz CT molecular complexity index is 676. The highest BCUT2D eigenvalue weighted by Gasteiger charge is 2.48. The minimum Gasteiger partial charge on any atom is -0.485 e. The zero-order valence-corrected chi connectivity index (χ0v) is 12.1. The fourth-order valence-corrected chi connectivity index (χ4v) is 3.94. The first-order chi connectivity index (χ1) is 10.2. The molecule has 0 aromatic heterocycles. The van der Waals surface area contributed by atoms with Crippen LogP contribution in [0.5, 0.6) is 5.75 Å². The smallest absolute Gasteiger partial charge is 0.133 e. The molecule has 2 atom stereocenters. The average Bonchev–Trinajstić information content (AvgIpc) is 2.54. The highest BCUT2D eigenvalue weighted by atomic mass is 16.5. The van der Waals surface area contributed by atoms with E-state index >= 15 is 0 Å². The molecule has 1 heterocycles. The highest BCUT2D eigenvalue weighted by molar-refractivity contribution is 5.90. The Hall–Kier alpha value is -1.58. The number of ether oxygens (including phenoxy) is 1. The van der Waals surface area contributed by atoms with Crippen LogP contribution in [0.4, 0.5) is 0 Å². The predicted molar refractivity (Wildman–Crippen MR) is 83.3 cm³/mol. The maximum Gasteiger partial charge on any atom is 0.133 e. The van der Waals surface area contributed by atoms with Crippen LogP contribution < -0.4 is 10.5 Å². The van der Waals surface area contributed by atoms with Crippen molar-refractivity contribution in [1.29, 1.82) is 0 Å². The van der Waals surface area contributed by atoms with E-state index < -0.39 is 11.7 Å². The average molecular weight is 283 g/mol. The molecule has 1 saturated carbocycles. The van der Waals surface area contributed by atoms with E-state index in [2.05, 4.69) is 12.1 Å². The van der Waals surface area contributed by atoms with Gasteiger partial charge in [0.25, 0.3) is 0 Å². The van der Waals surface area contributed by atoms with Crippen LogP contribution in [0.1, 0.15) is 43.8 Å². The van der Waals surface area contributed by atoms with E-state index in [9.17, 15) is 5.11 Å². The van der Waals surface area contributed by atoms with Crippen molar-refractivity contribution >= 4 is 10.8 Å². The van der Waals surface area contributed by atoms with Gasteiger partial charge in [0.05, 0.1) is 6.04 Å². The third kappa shape index (κ3) is 1.88. The van der Waals surface area contributed by atoms with Crippen LogP contribution in [-0.4, -0.2) is 16.7 Å². The van der Waals surface area contributed by atoms with Crippen molar-refractivity contribution in [2.75, 3.05) is 0 Å². The Morgan fingerprint density at radius 1 is 1.05 bits per heavy atom. The van der Waals surface area contributed by atoms with Crippen LogP contribution >= 0.6 is 0 Å². The summed E-state index contributed by atoms with van der Waals surface area (Å²) in [7, 11) is 0. The molecule has 2 aromatic carbocycles. The van der Waals surface area contributed by atoms with Gasteiger partial charge in [0.2, 0.25) is 0 Å². The lowest BCUT2D eigenvalue weighted by Gasteiger charge is -2.47. The number of hydrogen-bond donors (Lipinski definition) is 2. The summed E-state index contributed by atoms with van der Waals surface area (Å²) in [5.74, 6) is 0.837. The first-order valence-electron chi connectivity index (χ1n) is 7.86. The minimum atomic E-state index is -0.642. The first kappa shape index (κ1) is 13.1. The van der Waals surface area contributed by atoms with Crippen molar-refractivity contribution < 1.29 is 9.84 Å². The summed E-state index contributed by atoms with van der Waals surface area (Å²) in [5.41, 5.74) is 6.81. The molecule has 21 heavy (non-hydrogen) atoms. The molecule has 4 rings (SSSR count). The number of nitrogens with two attached hydrogens (primary N) is 1. The second-order valence-corrected chi connectivity index (χ2v) is 6.40. The van der Waals surface area contributed by atoms with Gasteiger partial charge in [0.1, 0.15) is 17.5 Å². The third-order valence-corrected chi connectivity index (χ3v) is 5.18. The van der Waals surface area contributed by atoms with Crippen LogP contribution in [0.3, 0.4) is 0 Å². The minimum absolute atomic E-state index is 0.341. The van der Waals surface area contributed by atoms with Gasteiger partial charge in [-0.3, -0.25) is 0 Å². The Kier molecular flexibility index (Phi) is 2.95. The molecule has 2 unspecified atom stereocenters. The molecule has 3 heteroatoms. The largest absolute Gasteiger partial charge is 0.485 e. The second kappa shape index (κ2) is 4.72. The molecule has 1 aliphatic carbocycles. The van der Waals surface area contributed by atoms with E-state index in [0.717, 1.165) is 47.8 Å². The van der Waals surface area contributed by atoms with Gasteiger partial charge in [0.15, 0.2) is 0 Å². The number of hydrogen-bond acceptors (Lipinski definition) is 3. The zero-order chi connectivity index (χ0) is 14.4. The number of aliphatic hydroxyl groups excluding tert-OH is 1. The Labute approximate surface area is 124 Å². The van der Waals surface area contributed by atoms with E-state index in [1.165, 1.54) is 6.42 Å². The van der Waals surface area contributed by atoms with Crippen molar-refractivity contribution in [3.05, 3.63) is 42.0 Å². The van der Waals surface area contributed by atoms with Gasteiger partial charge in [0, 0.05) is 10.9 Å². The van der Waals surface area contributed by atoms with Crippen LogP contribution in [0.2, 0.25) is 0 Å². The molecule has 2 aliphatic rings. The molecule has 0 bridgehead atoms. The second-order valence-electron chi connectivity index (χ2n) is 6.40. The molecule has 0 saturated heterocycles. The Morgan fingerprint density at radius 2 is 1.81 bits per heavy atom. The van der Waals surface area contributed by atoms with Crippen molar-refractivity contribution in [3.8, 4) is 5.75 Å². The molecule has 0 radical (unpaired) electrons. The van der Waals surface area contributed by atoms with Crippen LogP contribution in [-0.2, 0) is 0 Å². The lowest BCUT2D eigenvalue weighted by Crippen LogP contribution is -2.58. The predicted octanol–water partition coefficient (Wildman–Crippen LogP) is 3.30. The standard InChI is InChI=1S/C18H21NO2/c19-17-15(20)14-9-8-12-6-2-3-7-13(12)16(14)21-18(17)10-4-1-5-11-18/h2-3,6-9,15,17,20H,1,4-5,10-11,19H2. The molecular formula is C18H21NO2. The third-order valence-electron chi connectivity index (χ3n) is 5.18. The fourth-order valence-electron chi connectivity index (χ4n) is 3.94. The number of fused-ring (bicyclic) bond motifs is 3. The molecule has 3 N–H and O–H groups in total. The Balaban J connectivity index is 1.90. The maximum atomic E-state index is 10.7. The summed E-state index contributed by atoms with van der Waals surface area (Å²) in [6.07, 6.45) is 4.72. The van der Waals surface area contributed by atoms with Gasteiger partial charge in [-0.2, -0.15) is 0 Å². The topological polar surface area (TPSA) is 55.5 Å². The van der Waals surface area contributed by atoms with E-state index in [4.69, 9.17) is 10.5 Å². The molecule has 2 aromatic rings. The number of aliphatic hydroxyl groups is 1. The van der Waals surface area contributed by atoms with Crippen molar-refractivity contribution in [2.24, 2.45) is 5.73 Å². The molecule has 110 valence electrons. The van der Waals surface area contributed by atoms with Crippen molar-refractivity contribution in [2.45, 2.75) is 49.9 Å². The van der Waals surface area contributed by atoms with Gasteiger partial charge in [-0.05, 0) is 31.1 Å². The quantitative estimate of drug-likeness (QED) is 0.780. The maximum absolute atomic E-state index is 10.7. The number of benzene rings is 2. The monoisotopic (exact) mass is 283 g/mol. The van der Waals surface area contributed by atoms with E-state index in [0.29, 0.717) is 0 Å². The molecule has 1 spiro atoms. The summed E-state index contributed by atoms with van der Waals surface area (Å²) in [4.78, 5) is 0. The molecule has 1 fully saturated rings. The zero-order valence-electron chi connectivity index (χ0n) is 12.1. The van der Waals surface area contributed by atoms with Crippen molar-refractivity contribution in [1.82, 2.24) is 0 Å². The molecular weight excluding hydrogens is 262 g/mol. The normalized spacial score (nSPS) is 27.3. The van der Waals surface area contributed by atoms with Gasteiger partial charge in [-0.15, -0.1) is 0 Å². The van der Waals surface area contributed by atoms with Crippen molar-refractivity contribution in [3.63, 3.8) is 0 Å².